The molecule has 0 aromatic heterocycles. The van der Waals surface area contributed by atoms with Crippen molar-refractivity contribution in [1.29, 1.82) is 0 Å². The first-order valence-corrected chi connectivity index (χ1v) is 3.99. The van der Waals surface area contributed by atoms with Gasteiger partial charge in [-0.15, -0.1) is 0 Å². The van der Waals surface area contributed by atoms with Gasteiger partial charge in [-0.25, -0.2) is 5.48 Å². The summed E-state index contributed by atoms with van der Waals surface area (Å²) in [6, 6.07) is 0.565. The number of nitrogens with zero attached hydrogens (tertiary/aromatic N) is 1. The van der Waals surface area contributed by atoms with Crippen molar-refractivity contribution >= 4 is 0 Å². The summed E-state index contributed by atoms with van der Waals surface area (Å²) in [5, 5.41) is 8.46. The zero-order valence-corrected chi connectivity index (χ0v) is 6.51. The molecule has 1 unspecified atom stereocenters. The zero-order valence-electron chi connectivity index (χ0n) is 6.51. The van der Waals surface area contributed by atoms with E-state index in [1.165, 1.54) is 19.4 Å². The van der Waals surface area contributed by atoms with Crippen LogP contribution in [0.1, 0.15) is 19.8 Å². The van der Waals surface area contributed by atoms with Crippen LogP contribution < -0.4 is 5.48 Å². The number of hydrogen-bond donors (Lipinski definition) is 2. The van der Waals surface area contributed by atoms with E-state index in [4.69, 9.17) is 5.21 Å². The minimum Gasteiger partial charge on any atom is -0.317 e. The fourth-order valence-corrected chi connectivity index (χ4v) is 1.65. The van der Waals surface area contributed by atoms with Gasteiger partial charge in [0.25, 0.3) is 0 Å². The van der Waals surface area contributed by atoms with Gasteiger partial charge in [0.1, 0.15) is 0 Å². The summed E-state index contributed by atoms with van der Waals surface area (Å²) in [6.07, 6.45) is 2.50. The smallest absolute Gasteiger partial charge is 0.0363 e. The molecule has 0 spiro atoms. The van der Waals surface area contributed by atoms with Crippen molar-refractivity contribution in [2.75, 3.05) is 19.6 Å². The highest BCUT2D eigenvalue weighted by molar-refractivity contribution is 4.78. The van der Waals surface area contributed by atoms with Gasteiger partial charge in [0.2, 0.25) is 0 Å². The first kappa shape index (κ1) is 7.98. The molecule has 0 aliphatic carbocycles. The van der Waals surface area contributed by atoms with Crippen LogP contribution in [0.4, 0.5) is 0 Å². The number of nitrogens with one attached hydrogen (secondary N) is 1. The standard InChI is InChI=1S/C7H16N2O/c1-2-9-5-3-4-7(9)6-8-10/h7-8,10H,2-6H2,1H3. The van der Waals surface area contributed by atoms with Crippen LogP contribution in [0.15, 0.2) is 0 Å². The van der Waals surface area contributed by atoms with Crippen LogP contribution in [0, 0.1) is 0 Å². The molecule has 0 aromatic carbocycles. The maximum atomic E-state index is 8.46. The van der Waals surface area contributed by atoms with Gasteiger partial charge in [0, 0.05) is 12.6 Å². The summed E-state index contributed by atoms with van der Waals surface area (Å²) in [6.45, 7) is 5.18. The molecule has 1 aliphatic rings. The van der Waals surface area contributed by atoms with Gasteiger partial charge in [-0.1, -0.05) is 6.92 Å². The van der Waals surface area contributed by atoms with Gasteiger partial charge < -0.3 is 5.21 Å². The van der Waals surface area contributed by atoms with Crippen molar-refractivity contribution in [3.63, 3.8) is 0 Å². The van der Waals surface area contributed by atoms with Gasteiger partial charge in [0.05, 0.1) is 0 Å². The van der Waals surface area contributed by atoms with Crippen LogP contribution in [-0.2, 0) is 0 Å². The SMILES string of the molecule is CCN1CCCC1CNO. The number of hydroxylamine groups is 1. The van der Waals surface area contributed by atoms with E-state index >= 15 is 0 Å². The Labute approximate surface area is 62.0 Å². The molecule has 3 heteroatoms. The Bertz CT molecular complexity index is 97.6. The molecule has 3 nitrogen and oxygen atoms in total. The third-order valence-corrected chi connectivity index (χ3v) is 2.23. The Morgan fingerprint density at radius 1 is 1.70 bits per heavy atom. The van der Waals surface area contributed by atoms with E-state index in [2.05, 4.69) is 17.3 Å². The quantitative estimate of drug-likeness (QED) is 0.564. The molecule has 10 heavy (non-hydrogen) atoms. The van der Waals surface area contributed by atoms with Gasteiger partial charge in [-0.2, -0.15) is 0 Å². The number of likely N-dealkylation sites (N-methyl/N-ethyl adjacent to an activating group) is 1. The monoisotopic (exact) mass is 144 g/mol. The molecule has 0 amide bonds. The van der Waals surface area contributed by atoms with Gasteiger partial charge >= 0.3 is 0 Å². The summed E-state index contributed by atoms with van der Waals surface area (Å²) in [4.78, 5) is 2.39. The molecule has 1 saturated heterocycles. The molecule has 0 radical (unpaired) electrons. The number of likely N-dealkylation sites (tertiary alicyclic amines) is 1. The molecule has 1 atom stereocenters. The van der Waals surface area contributed by atoms with E-state index in [1.54, 1.807) is 0 Å². The van der Waals surface area contributed by atoms with Gasteiger partial charge in [-0.3, -0.25) is 4.90 Å². The Kier molecular flexibility index (Phi) is 3.12. The Balaban J connectivity index is 2.27. The summed E-state index contributed by atoms with van der Waals surface area (Å²) >= 11 is 0. The molecule has 0 bridgehead atoms. The van der Waals surface area contributed by atoms with Crippen LogP contribution in [-0.4, -0.2) is 35.8 Å². The van der Waals surface area contributed by atoms with E-state index in [-0.39, 0.29) is 0 Å². The largest absolute Gasteiger partial charge is 0.317 e. The van der Waals surface area contributed by atoms with Crippen molar-refractivity contribution in [1.82, 2.24) is 10.4 Å². The summed E-state index contributed by atoms with van der Waals surface area (Å²) in [5.41, 5.74) is 2.23. The van der Waals surface area contributed by atoms with Gasteiger partial charge in [0.15, 0.2) is 0 Å². The van der Waals surface area contributed by atoms with Crippen LogP contribution in [0.3, 0.4) is 0 Å². The topological polar surface area (TPSA) is 35.5 Å². The van der Waals surface area contributed by atoms with E-state index < -0.39 is 0 Å². The third-order valence-electron chi connectivity index (χ3n) is 2.23. The first-order valence-electron chi connectivity index (χ1n) is 3.99. The second-order valence-electron chi connectivity index (χ2n) is 2.79. The predicted octanol–water partition coefficient (Wildman–Crippen LogP) is 0.450. The van der Waals surface area contributed by atoms with Crippen molar-refractivity contribution in [2.24, 2.45) is 0 Å². The summed E-state index contributed by atoms with van der Waals surface area (Å²) < 4.78 is 0. The fourth-order valence-electron chi connectivity index (χ4n) is 1.65. The second kappa shape index (κ2) is 3.91. The second-order valence-corrected chi connectivity index (χ2v) is 2.79. The molecule has 1 fully saturated rings. The van der Waals surface area contributed by atoms with Gasteiger partial charge in [-0.05, 0) is 25.9 Å². The molecule has 0 saturated carbocycles. The fraction of sp³-hybridized carbons (Fsp3) is 1.00. The predicted molar refractivity (Wildman–Crippen MR) is 40.1 cm³/mol. The highest BCUT2D eigenvalue weighted by Crippen LogP contribution is 2.14. The molecule has 0 aromatic rings. The molecular formula is C7H16N2O. The van der Waals surface area contributed by atoms with Crippen molar-refractivity contribution in [2.45, 2.75) is 25.8 Å². The zero-order chi connectivity index (χ0) is 7.40. The highest BCUT2D eigenvalue weighted by Gasteiger charge is 2.21. The van der Waals surface area contributed by atoms with E-state index in [0.29, 0.717) is 12.6 Å². The highest BCUT2D eigenvalue weighted by atomic mass is 16.5. The molecule has 2 N–H and O–H groups in total. The first-order chi connectivity index (χ1) is 4.88. The average Bonchev–Trinajstić information content (AvgIpc) is 2.36. The van der Waals surface area contributed by atoms with Crippen LogP contribution >= 0.6 is 0 Å². The minimum absolute atomic E-state index is 0.565. The molecule has 1 rings (SSSR count). The lowest BCUT2D eigenvalue weighted by Crippen LogP contribution is -2.36. The normalized spacial score (nSPS) is 27.6. The molecular weight excluding hydrogens is 128 g/mol. The molecule has 60 valence electrons. The lowest BCUT2D eigenvalue weighted by molar-refractivity contribution is 0.130. The van der Waals surface area contributed by atoms with Crippen molar-refractivity contribution in [3.8, 4) is 0 Å². The van der Waals surface area contributed by atoms with E-state index in [9.17, 15) is 0 Å². The van der Waals surface area contributed by atoms with E-state index in [1.807, 2.05) is 0 Å². The third kappa shape index (κ3) is 1.68. The molecule has 1 heterocycles. The minimum atomic E-state index is 0.565. The Morgan fingerprint density at radius 3 is 3.10 bits per heavy atom. The summed E-state index contributed by atoms with van der Waals surface area (Å²) in [5.74, 6) is 0. The van der Waals surface area contributed by atoms with Crippen LogP contribution in [0.2, 0.25) is 0 Å². The van der Waals surface area contributed by atoms with Crippen molar-refractivity contribution in [3.05, 3.63) is 0 Å². The van der Waals surface area contributed by atoms with Crippen molar-refractivity contribution < 1.29 is 5.21 Å². The lowest BCUT2D eigenvalue weighted by atomic mass is 10.2. The summed E-state index contributed by atoms with van der Waals surface area (Å²) in [7, 11) is 0. The Morgan fingerprint density at radius 2 is 2.50 bits per heavy atom. The lowest BCUT2D eigenvalue weighted by Gasteiger charge is -2.21. The molecule has 1 aliphatic heterocycles. The van der Waals surface area contributed by atoms with E-state index in [0.717, 1.165) is 6.54 Å². The number of rotatable bonds is 3. The van der Waals surface area contributed by atoms with Crippen LogP contribution in [0.5, 0.6) is 0 Å². The number of hydrogen-bond acceptors (Lipinski definition) is 3. The van der Waals surface area contributed by atoms with Crippen LogP contribution in [0.25, 0.3) is 0 Å². The maximum Gasteiger partial charge on any atom is 0.0363 e. The Hall–Kier alpha value is -0.120. The average molecular weight is 144 g/mol. The maximum absolute atomic E-state index is 8.46.